The van der Waals surface area contributed by atoms with E-state index in [9.17, 15) is 0 Å². The van der Waals surface area contributed by atoms with Crippen LogP contribution in [0, 0.1) is 6.92 Å². The van der Waals surface area contributed by atoms with Crippen LogP contribution in [-0.4, -0.2) is 45.3 Å². The van der Waals surface area contributed by atoms with Crippen molar-refractivity contribution in [3.63, 3.8) is 0 Å². The number of hydrogen-bond acceptors (Lipinski definition) is 3. The normalized spacial score (nSPS) is 14.4. The van der Waals surface area contributed by atoms with Gasteiger partial charge in [0.15, 0.2) is 11.8 Å². The molecule has 0 amide bonds. The molecule has 7 heteroatoms. The summed E-state index contributed by atoms with van der Waals surface area (Å²) in [5.41, 5.74) is 2.70. The maximum atomic E-state index is 4.76. The first-order valence-electron chi connectivity index (χ1n) is 8.92. The van der Waals surface area contributed by atoms with Crippen LogP contribution in [0.5, 0.6) is 0 Å². The monoisotopic (exact) mass is 478 g/mol. The third-order valence-electron chi connectivity index (χ3n) is 4.61. The summed E-state index contributed by atoms with van der Waals surface area (Å²) < 4.78 is 1.97. The van der Waals surface area contributed by atoms with E-state index in [0.717, 1.165) is 37.1 Å². The third kappa shape index (κ3) is 5.41. The van der Waals surface area contributed by atoms with Gasteiger partial charge >= 0.3 is 0 Å². The van der Waals surface area contributed by atoms with E-state index in [1.54, 1.807) is 0 Å². The highest BCUT2D eigenvalue weighted by Crippen LogP contribution is 2.22. The van der Waals surface area contributed by atoms with Crippen molar-refractivity contribution in [1.29, 1.82) is 0 Å². The molecule has 0 unspecified atom stereocenters. The molecule has 3 rings (SSSR count). The minimum absolute atomic E-state index is 0. The van der Waals surface area contributed by atoms with Crippen molar-refractivity contribution in [3.05, 3.63) is 66.3 Å². The number of benzene rings is 1. The van der Waals surface area contributed by atoms with Crippen molar-refractivity contribution < 1.29 is 0 Å². The second-order valence-electron chi connectivity index (χ2n) is 6.32. The standard InChI is InChI=1S/C20H26N6.HI/c1-4-12-21-20(22-15-19-24-23-16(2)25(19)3)26-13-10-18(11-14-26)17-8-6-5-7-9-17;/h4-10H,1,11-15H2,2-3H3,(H,21,22);1H. The lowest BCUT2D eigenvalue weighted by Crippen LogP contribution is -2.43. The summed E-state index contributed by atoms with van der Waals surface area (Å²) in [4.78, 5) is 7.02. The van der Waals surface area contributed by atoms with E-state index < -0.39 is 0 Å². The molecule has 1 aliphatic rings. The fraction of sp³-hybridized carbons (Fsp3) is 0.350. The molecular weight excluding hydrogens is 451 g/mol. The molecule has 0 fully saturated rings. The molecule has 144 valence electrons. The molecule has 0 saturated heterocycles. The first-order valence-corrected chi connectivity index (χ1v) is 8.92. The highest BCUT2D eigenvalue weighted by Gasteiger charge is 2.16. The first kappa shape index (κ1) is 21.1. The van der Waals surface area contributed by atoms with Crippen molar-refractivity contribution >= 4 is 35.5 Å². The molecule has 0 radical (unpaired) electrons. The molecule has 2 heterocycles. The molecule has 1 N–H and O–H groups in total. The van der Waals surface area contributed by atoms with Gasteiger partial charge in [0.1, 0.15) is 12.4 Å². The molecule has 1 aliphatic heterocycles. The predicted octanol–water partition coefficient (Wildman–Crippen LogP) is 3.16. The molecule has 1 aromatic carbocycles. The zero-order valence-corrected chi connectivity index (χ0v) is 18.3. The van der Waals surface area contributed by atoms with Crippen molar-refractivity contribution in [2.24, 2.45) is 12.0 Å². The maximum Gasteiger partial charge on any atom is 0.194 e. The Bertz CT molecular complexity index is 809. The number of hydrogen-bond donors (Lipinski definition) is 1. The number of aryl methyl sites for hydroxylation is 1. The molecule has 0 saturated carbocycles. The van der Waals surface area contributed by atoms with Gasteiger partial charge in [-0.15, -0.1) is 40.8 Å². The molecule has 0 bridgehead atoms. The van der Waals surface area contributed by atoms with Crippen LogP contribution in [0.2, 0.25) is 0 Å². The largest absolute Gasteiger partial charge is 0.353 e. The molecule has 0 aliphatic carbocycles. The van der Waals surface area contributed by atoms with Crippen molar-refractivity contribution in [2.75, 3.05) is 19.6 Å². The Balaban J connectivity index is 0.00000261. The van der Waals surface area contributed by atoms with E-state index in [1.807, 2.05) is 24.6 Å². The number of guanidine groups is 1. The number of aromatic nitrogens is 3. The van der Waals surface area contributed by atoms with Gasteiger partial charge in [-0.3, -0.25) is 0 Å². The van der Waals surface area contributed by atoms with Gasteiger partial charge in [-0.25, -0.2) is 4.99 Å². The van der Waals surface area contributed by atoms with Gasteiger partial charge in [0.25, 0.3) is 0 Å². The fourth-order valence-electron chi connectivity index (χ4n) is 2.94. The highest BCUT2D eigenvalue weighted by atomic mass is 127. The zero-order chi connectivity index (χ0) is 18.4. The van der Waals surface area contributed by atoms with E-state index in [1.165, 1.54) is 11.1 Å². The average Bonchev–Trinajstić information content (AvgIpc) is 3.01. The summed E-state index contributed by atoms with van der Waals surface area (Å²) in [5.74, 6) is 2.64. The van der Waals surface area contributed by atoms with Gasteiger partial charge in [0.05, 0.1) is 0 Å². The maximum absolute atomic E-state index is 4.76. The summed E-state index contributed by atoms with van der Waals surface area (Å²) in [6, 6.07) is 10.6. The minimum Gasteiger partial charge on any atom is -0.353 e. The summed E-state index contributed by atoms with van der Waals surface area (Å²) in [6.45, 7) is 8.69. The van der Waals surface area contributed by atoms with Gasteiger partial charge in [0.2, 0.25) is 0 Å². The van der Waals surface area contributed by atoms with Crippen molar-refractivity contribution in [3.8, 4) is 0 Å². The number of rotatable bonds is 5. The zero-order valence-electron chi connectivity index (χ0n) is 15.9. The van der Waals surface area contributed by atoms with Crippen LogP contribution in [0.3, 0.4) is 0 Å². The number of aliphatic imine (C=N–C) groups is 1. The van der Waals surface area contributed by atoms with Gasteiger partial charge in [-0.05, 0) is 24.5 Å². The van der Waals surface area contributed by atoms with Crippen molar-refractivity contribution in [2.45, 2.75) is 19.9 Å². The lowest BCUT2D eigenvalue weighted by atomic mass is 10.00. The molecule has 2 aromatic rings. The van der Waals surface area contributed by atoms with Gasteiger partial charge in [-0.1, -0.05) is 42.5 Å². The summed E-state index contributed by atoms with van der Waals surface area (Å²) >= 11 is 0. The Hall–Kier alpha value is -2.16. The smallest absolute Gasteiger partial charge is 0.194 e. The average molecular weight is 478 g/mol. The Labute approximate surface area is 178 Å². The third-order valence-corrected chi connectivity index (χ3v) is 4.61. The quantitative estimate of drug-likeness (QED) is 0.311. The second-order valence-corrected chi connectivity index (χ2v) is 6.32. The van der Waals surface area contributed by atoms with Gasteiger partial charge in [-0.2, -0.15) is 0 Å². The van der Waals surface area contributed by atoms with E-state index in [2.05, 4.69) is 63.4 Å². The predicted molar refractivity (Wildman–Crippen MR) is 121 cm³/mol. The Morgan fingerprint density at radius 1 is 1.30 bits per heavy atom. The molecule has 6 nitrogen and oxygen atoms in total. The van der Waals surface area contributed by atoms with Crippen molar-refractivity contribution in [1.82, 2.24) is 25.0 Å². The van der Waals surface area contributed by atoms with Gasteiger partial charge < -0.3 is 14.8 Å². The Morgan fingerprint density at radius 2 is 2.07 bits per heavy atom. The second kappa shape index (κ2) is 10.2. The number of nitrogens with zero attached hydrogens (tertiary/aromatic N) is 5. The fourth-order valence-corrected chi connectivity index (χ4v) is 2.94. The van der Waals surface area contributed by atoms with E-state index in [0.29, 0.717) is 13.1 Å². The molecule has 27 heavy (non-hydrogen) atoms. The van der Waals surface area contributed by atoms with E-state index in [-0.39, 0.29) is 24.0 Å². The molecule has 0 spiro atoms. The number of halogens is 1. The summed E-state index contributed by atoms with van der Waals surface area (Å²) in [6.07, 6.45) is 5.13. The van der Waals surface area contributed by atoms with Crippen LogP contribution in [0.1, 0.15) is 23.6 Å². The molecule has 1 aromatic heterocycles. The van der Waals surface area contributed by atoms with Crippen LogP contribution in [0.15, 0.2) is 54.1 Å². The van der Waals surface area contributed by atoms with E-state index in [4.69, 9.17) is 4.99 Å². The SMILES string of the molecule is C=CCNC(=NCc1nnc(C)n1C)N1CC=C(c2ccccc2)CC1.I. The molecular formula is C20H27IN6. The number of nitrogens with one attached hydrogen (secondary N) is 1. The lowest BCUT2D eigenvalue weighted by Gasteiger charge is -2.29. The van der Waals surface area contributed by atoms with Crippen LogP contribution in [0.4, 0.5) is 0 Å². The van der Waals surface area contributed by atoms with Crippen LogP contribution in [-0.2, 0) is 13.6 Å². The minimum atomic E-state index is 0. The lowest BCUT2D eigenvalue weighted by molar-refractivity contribution is 0.440. The summed E-state index contributed by atoms with van der Waals surface area (Å²) in [7, 11) is 1.97. The molecule has 0 atom stereocenters. The van der Waals surface area contributed by atoms with Gasteiger partial charge in [0, 0.05) is 26.7 Å². The first-order chi connectivity index (χ1) is 12.7. The van der Waals surface area contributed by atoms with E-state index >= 15 is 0 Å². The van der Waals surface area contributed by atoms with Crippen LogP contribution < -0.4 is 5.32 Å². The summed E-state index contributed by atoms with van der Waals surface area (Å²) in [5, 5.41) is 11.6. The Morgan fingerprint density at radius 3 is 2.67 bits per heavy atom. The van der Waals surface area contributed by atoms with Crippen LogP contribution in [0.25, 0.3) is 5.57 Å². The Kier molecular flexibility index (Phi) is 8.02. The topological polar surface area (TPSA) is 58.3 Å². The van der Waals surface area contributed by atoms with Crippen LogP contribution >= 0.6 is 24.0 Å². The highest BCUT2D eigenvalue weighted by molar-refractivity contribution is 14.0.